The molecule has 39 heavy (non-hydrogen) atoms. The molecule has 4 aromatic rings. The highest BCUT2D eigenvalue weighted by Gasteiger charge is 2.52. The lowest BCUT2D eigenvalue weighted by Crippen LogP contribution is -2.65. The van der Waals surface area contributed by atoms with Gasteiger partial charge in [0.2, 0.25) is 0 Å². The first-order chi connectivity index (χ1) is 19.2. The highest BCUT2D eigenvalue weighted by Crippen LogP contribution is 2.43. The predicted molar refractivity (Wildman–Crippen MR) is 159 cm³/mol. The molecule has 1 saturated carbocycles. The van der Waals surface area contributed by atoms with Crippen molar-refractivity contribution in [3.05, 3.63) is 138 Å². The summed E-state index contributed by atoms with van der Waals surface area (Å²) < 4.78 is 13.6. The molecule has 4 nitrogen and oxygen atoms in total. The van der Waals surface area contributed by atoms with Crippen LogP contribution in [0.2, 0.25) is 0 Å². The van der Waals surface area contributed by atoms with E-state index in [2.05, 4.69) is 89.8 Å². The Bertz CT molecular complexity index is 1210. The second kappa shape index (κ2) is 13.1. The average molecular weight is 521 g/mol. The van der Waals surface area contributed by atoms with Crippen molar-refractivity contribution in [1.29, 1.82) is 0 Å². The summed E-state index contributed by atoms with van der Waals surface area (Å²) in [5.41, 5.74) is 11.5. The van der Waals surface area contributed by atoms with Gasteiger partial charge in [0.1, 0.15) is 0 Å². The first-order valence-corrected chi connectivity index (χ1v) is 14.1. The Morgan fingerprint density at radius 2 is 1.05 bits per heavy atom. The van der Waals surface area contributed by atoms with E-state index in [9.17, 15) is 0 Å². The summed E-state index contributed by atoms with van der Waals surface area (Å²) in [5, 5.41) is 0. The summed E-state index contributed by atoms with van der Waals surface area (Å²) in [4.78, 5) is 2.43. The molecule has 0 saturated heterocycles. The van der Waals surface area contributed by atoms with Crippen molar-refractivity contribution in [3.8, 4) is 0 Å². The average Bonchev–Trinajstić information content (AvgIpc) is 3.00. The molecule has 1 aliphatic rings. The number of nitrogens with zero attached hydrogens (tertiary/aromatic N) is 1. The van der Waals surface area contributed by atoms with E-state index in [0.29, 0.717) is 13.2 Å². The van der Waals surface area contributed by atoms with Gasteiger partial charge in [-0.15, -0.1) is 0 Å². The number of rotatable bonds is 12. The van der Waals surface area contributed by atoms with Gasteiger partial charge in [0, 0.05) is 25.2 Å². The largest absolute Gasteiger partial charge is 0.367 e. The van der Waals surface area contributed by atoms with E-state index < -0.39 is 11.3 Å². The van der Waals surface area contributed by atoms with Crippen molar-refractivity contribution in [2.24, 2.45) is 5.73 Å². The molecule has 4 heteroatoms. The smallest absolute Gasteiger partial charge is 0.187 e. The molecule has 0 aliphatic heterocycles. The number of ether oxygens (including phenoxy) is 2. The predicted octanol–water partition coefficient (Wildman–Crippen LogP) is 7.48. The Kier molecular flexibility index (Phi) is 9.10. The van der Waals surface area contributed by atoms with Gasteiger partial charge >= 0.3 is 0 Å². The van der Waals surface area contributed by atoms with Crippen LogP contribution in [-0.4, -0.2) is 17.9 Å². The molecular formula is C35H40N2O2. The Balaban J connectivity index is 1.40. The summed E-state index contributed by atoms with van der Waals surface area (Å²) >= 11 is 0. The van der Waals surface area contributed by atoms with Crippen molar-refractivity contribution in [2.75, 3.05) is 11.4 Å². The van der Waals surface area contributed by atoms with Gasteiger partial charge in [-0.3, -0.25) is 0 Å². The van der Waals surface area contributed by atoms with Gasteiger partial charge in [0.25, 0.3) is 0 Å². The lowest BCUT2D eigenvalue weighted by Gasteiger charge is -2.51. The molecule has 5 rings (SSSR count). The Morgan fingerprint density at radius 1 is 0.590 bits per heavy atom. The summed E-state index contributed by atoms with van der Waals surface area (Å²) in [6, 6.07) is 41.9. The zero-order valence-corrected chi connectivity index (χ0v) is 22.8. The molecule has 0 aromatic heterocycles. The summed E-state index contributed by atoms with van der Waals surface area (Å²) in [6.45, 7) is 2.58. The van der Waals surface area contributed by atoms with Gasteiger partial charge in [-0.05, 0) is 48.1 Å². The minimum absolute atomic E-state index is 0.473. The number of para-hydroxylation sites is 1. The topological polar surface area (TPSA) is 47.7 Å². The maximum absolute atomic E-state index is 7.41. The molecule has 1 fully saturated rings. The summed E-state index contributed by atoms with van der Waals surface area (Å²) in [6.07, 6.45) is 4.52. The van der Waals surface area contributed by atoms with E-state index in [1.807, 2.05) is 36.4 Å². The lowest BCUT2D eigenvalue weighted by molar-refractivity contribution is -0.299. The standard InChI is InChI=1S/C35H40N2O2/c36-34(25-26-37(33-21-11-4-12-22-33)27-30-15-5-1-6-16-30)23-13-14-24-35(34,38-28-31-17-7-2-8-18-31)39-29-32-19-9-3-10-20-32/h1-12,15-22H,13-14,23-29,36H2. The van der Waals surface area contributed by atoms with Crippen LogP contribution in [0.4, 0.5) is 5.69 Å². The van der Waals surface area contributed by atoms with E-state index in [1.165, 1.54) is 11.3 Å². The first-order valence-electron chi connectivity index (χ1n) is 14.1. The highest BCUT2D eigenvalue weighted by molar-refractivity contribution is 5.46. The molecule has 2 N–H and O–H groups in total. The number of nitrogens with two attached hydrogens (primary N) is 1. The van der Waals surface area contributed by atoms with E-state index in [1.54, 1.807) is 0 Å². The van der Waals surface area contributed by atoms with E-state index >= 15 is 0 Å². The maximum atomic E-state index is 7.41. The molecule has 1 atom stereocenters. The van der Waals surface area contributed by atoms with Crippen molar-refractivity contribution in [3.63, 3.8) is 0 Å². The van der Waals surface area contributed by atoms with Crippen molar-refractivity contribution in [1.82, 2.24) is 0 Å². The molecule has 4 aromatic carbocycles. The van der Waals surface area contributed by atoms with Crippen LogP contribution in [0.25, 0.3) is 0 Å². The molecule has 0 spiro atoms. The normalized spacial score (nSPS) is 18.5. The summed E-state index contributed by atoms with van der Waals surface area (Å²) in [7, 11) is 0. The second-order valence-corrected chi connectivity index (χ2v) is 10.7. The Morgan fingerprint density at radius 3 is 1.59 bits per heavy atom. The molecule has 0 amide bonds. The van der Waals surface area contributed by atoms with Crippen LogP contribution >= 0.6 is 0 Å². The number of hydrogen-bond donors (Lipinski definition) is 1. The molecule has 0 heterocycles. The van der Waals surface area contributed by atoms with Gasteiger partial charge in [-0.2, -0.15) is 0 Å². The molecule has 1 unspecified atom stereocenters. The highest BCUT2D eigenvalue weighted by atomic mass is 16.7. The Hall–Kier alpha value is -3.44. The van der Waals surface area contributed by atoms with Crippen LogP contribution in [0.3, 0.4) is 0 Å². The molecular weight excluding hydrogens is 480 g/mol. The number of anilines is 1. The summed E-state index contributed by atoms with van der Waals surface area (Å²) in [5.74, 6) is -0.869. The van der Waals surface area contributed by atoms with E-state index in [-0.39, 0.29) is 0 Å². The van der Waals surface area contributed by atoms with Crippen LogP contribution < -0.4 is 10.6 Å². The van der Waals surface area contributed by atoms with Gasteiger partial charge in [-0.25, -0.2) is 0 Å². The second-order valence-electron chi connectivity index (χ2n) is 10.7. The van der Waals surface area contributed by atoms with Gasteiger partial charge in [0.05, 0.1) is 18.8 Å². The zero-order chi connectivity index (χ0) is 26.8. The Labute approximate surface area is 233 Å². The third kappa shape index (κ3) is 6.96. The number of benzene rings is 4. The maximum Gasteiger partial charge on any atom is 0.187 e. The monoisotopic (exact) mass is 520 g/mol. The van der Waals surface area contributed by atoms with Crippen molar-refractivity contribution in [2.45, 2.75) is 63.2 Å². The fraction of sp³-hybridized carbons (Fsp3) is 0.314. The van der Waals surface area contributed by atoms with Gasteiger partial charge in [0.15, 0.2) is 5.79 Å². The third-order valence-electron chi connectivity index (χ3n) is 7.93. The molecule has 1 aliphatic carbocycles. The minimum atomic E-state index is -0.869. The van der Waals surface area contributed by atoms with Crippen LogP contribution in [0, 0.1) is 0 Å². The minimum Gasteiger partial charge on any atom is -0.367 e. The fourth-order valence-electron chi connectivity index (χ4n) is 5.65. The van der Waals surface area contributed by atoms with Crippen LogP contribution in [0.5, 0.6) is 0 Å². The lowest BCUT2D eigenvalue weighted by atomic mass is 9.74. The van der Waals surface area contributed by atoms with Gasteiger partial charge < -0.3 is 20.1 Å². The van der Waals surface area contributed by atoms with Crippen LogP contribution in [-0.2, 0) is 29.2 Å². The quantitative estimate of drug-likeness (QED) is 0.197. The van der Waals surface area contributed by atoms with Crippen LogP contribution in [0.15, 0.2) is 121 Å². The van der Waals surface area contributed by atoms with Crippen LogP contribution in [0.1, 0.15) is 48.8 Å². The fourth-order valence-corrected chi connectivity index (χ4v) is 5.65. The number of hydrogen-bond acceptors (Lipinski definition) is 4. The van der Waals surface area contributed by atoms with Crippen molar-refractivity contribution < 1.29 is 9.47 Å². The van der Waals surface area contributed by atoms with Gasteiger partial charge in [-0.1, -0.05) is 116 Å². The van der Waals surface area contributed by atoms with Crippen molar-refractivity contribution >= 4 is 5.69 Å². The third-order valence-corrected chi connectivity index (χ3v) is 7.93. The zero-order valence-electron chi connectivity index (χ0n) is 22.8. The first kappa shape index (κ1) is 27.1. The van der Waals surface area contributed by atoms with E-state index in [0.717, 1.165) is 56.3 Å². The SMILES string of the molecule is NC1(CCN(Cc2ccccc2)c2ccccc2)CCCCC1(OCc1ccccc1)OCc1ccccc1. The van der Waals surface area contributed by atoms with E-state index in [4.69, 9.17) is 15.2 Å². The molecule has 202 valence electrons. The molecule has 0 bridgehead atoms. The molecule has 0 radical (unpaired) electrons.